The van der Waals surface area contributed by atoms with Gasteiger partial charge in [0, 0.05) is 11.8 Å². The highest BCUT2D eigenvalue weighted by Crippen LogP contribution is 2.31. The molecule has 0 aromatic heterocycles. The first-order valence-corrected chi connectivity index (χ1v) is 10.9. The number of benzene rings is 3. The molecule has 0 spiro atoms. The van der Waals surface area contributed by atoms with Gasteiger partial charge in [0.1, 0.15) is 4.90 Å². The van der Waals surface area contributed by atoms with Gasteiger partial charge >= 0.3 is 10.1 Å². The molecule has 0 aliphatic heterocycles. The number of amides is 1. The van der Waals surface area contributed by atoms with Crippen LogP contribution in [0.3, 0.4) is 0 Å². The molecule has 31 heavy (non-hydrogen) atoms. The zero-order valence-electron chi connectivity index (χ0n) is 17.5. The first-order chi connectivity index (χ1) is 14.8. The molecule has 1 N–H and O–H groups in total. The average molecular weight is 438 g/mol. The van der Waals surface area contributed by atoms with Gasteiger partial charge in [0.15, 0.2) is 11.5 Å². The molecule has 160 valence electrons. The summed E-state index contributed by atoms with van der Waals surface area (Å²) in [4.78, 5) is 12.2. The molecule has 7 heteroatoms. The second-order valence-corrected chi connectivity index (χ2v) is 8.50. The number of hydrogen-bond acceptors (Lipinski definition) is 5. The Hall–Kier alpha value is -3.58. The van der Waals surface area contributed by atoms with Crippen molar-refractivity contribution in [2.45, 2.75) is 18.7 Å². The maximum atomic E-state index is 12.5. The van der Waals surface area contributed by atoms with E-state index in [-0.39, 0.29) is 22.3 Å². The van der Waals surface area contributed by atoms with Crippen LogP contribution in [0.2, 0.25) is 0 Å². The van der Waals surface area contributed by atoms with Crippen molar-refractivity contribution in [1.29, 1.82) is 0 Å². The van der Waals surface area contributed by atoms with E-state index < -0.39 is 10.1 Å². The lowest BCUT2D eigenvalue weighted by molar-refractivity contribution is -0.111. The van der Waals surface area contributed by atoms with Gasteiger partial charge in [-0.2, -0.15) is 8.42 Å². The van der Waals surface area contributed by atoms with Crippen LogP contribution < -0.4 is 14.2 Å². The second-order valence-electron chi connectivity index (χ2n) is 6.95. The van der Waals surface area contributed by atoms with E-state index in [0.717, 1.165) is 11.1 Å². The number of nitrogens with one attached hydrogen (secondary N) is 1. The number of ether oxygens (including phenoxy) is 1. The van der Waals surface area contributed by atoms with E-state index in [1.54, 1.807) is 30.3 Å². The maximum absolute atomic E-state index is 12.5. The molecule has 0 atom stereocenters. The smallest absolute Gasteiger partial charge is 0.339 e. The molecule has 3 rings (SSSR count). The van der Waals surface area contributed by atoms with Crippen LogP contribution in [0.4, 0.5) is 5.69 Å². The van der Waals surface area contributed by atoms with E-state index in [1.165, 1.54) is 31.4 Å². The Morgan fingerprint density at radius 1 is 0.871 bits per heavy atom. The summed E-state index contributed by atoms with van der Waals surface area (Å²) in [6.45, 7) is 3.84. The second kappa shape index (κ2) is 9.49. The van der Waals surface area contributed by atoms with Gasteiger partial charge in [0.25, 0.3) is 0 Å². The van der Waals surface area contributed by atoms with Crippen molar-refractivity contribution in [1.82, 2.24) is 0 Å². The number of rotatable bonds is 7. The summed E-state index contributed by atoms with van der Waals surface area (Å²) in [6.07, 6.45) is 2.99. The van der Waals surface area contributed by atoms with Crippen molar-refractivity contribution in [3.05, 3.63) is 89.5 Å². The summed E-state index contributed by atoms with van der Waals surface area (Å²) in [5, 5.41) is 2.77. The average Bonchev–Trinajstić information content (AvgIpc) is 2.74. The lowest BCUT2D eigenvalue weighted by Crippen LogP contribution is -2.10. The van der Waals surface area contributed by atoms with E-state index in [2.05, 4.69) is 5.32 Å². The monoisotopic (exact) mass is 437 g/mol. The van der Waals surface area contributed by atoms with Gasteiger partial charge in [-0.3, -0.25) is 4.79 Å². The van der Waals surface area contributed by atoms with Crippen molar-refractivity contribution < 1.29 is 22.1 Å². The number of anilines is 1. The Morgan fingerprint density at radius 3 is 2.10 bits per heavy atom. The van der Waals surface area contributed by atoms with Crippen LogP contribution in [0.5, 0.6) is 11.5 Å². The van der Waals surface area contributed by atoms with Crippen LogP contribution in [-0.2, 0) is 14.9 Å². The molecule has 0 heterocycles. The van der Waals surface area contributed by atoms with Gasteiger partial charge in [0.05, 0.1) is 7.11 Å². The molecule has 1 amide bonds. The molecule has 0 bridgehead atoms. The fraction of sp³-hybridized carbons (Fsp3) is 0.125. The van der Waals surface area contributed by atoms with Crippen LogP contribution in [0.25, 0.3) is 6.08 Å². The minimum Gasteiger partial charge on any atom is -0.493 e. The number of carbonyl (C=O) groups is 1. The number of hydrogen-bond donors (Lipinski definition) is 1. The van der Waals surface area contributed by atoms with E-state index in [9.17, 15) is 13.2 Å². The van der Waals surface area contributed by atoms with Crippen molar-refractivity contribution in [2.24, 2.45) is 0 Å². The van der Waals surface area contributed by atoms with E-state index >= 15 is 0 Å². The third kappa shape index (κ3) is 5.96. The zero-order valence-corrected chi connectivity index (χ0v) is 18.3. The SMILES string of the molecule is COc1cc(/C=C/C(=O)Nc2ccc(C)cc2)ccc1OS(=O)(=O)c1ccc(C)cc1. The number of carbonyl (C=O) groups excluding carboxylic acids is 1. The largest absolute Gasteiger partial charge is 0.493 e. The molecule has 0 saturated heterocycles. The normalized spacial score (nSPS) is 11.3. The van der Waals surface area contributed by atoms with Gasteiger partial charge in [-0.05, 0) is 61.9 Å². The van der Waals surface area contributed by atoms with Crippen LogP contribution in [-0.4, -0.2) is 21.4 Å². The predicted molar refractivity (Wildman–Crippen MR) is 121 cm³/mol. The molecular weight excluding hydrogens is 414 g/mol. The van der Waals surface area contributed by atoms with E-state index in [0.29, 0.717) is 11.3 Å². The van der Waals surface area contributed by atoms with Crippen molar-refractivity contribution in [3.8, 4) is 11.5 Å². The van der Waals surface area contributed by atoms with Gasteiger partial charge in [-0.15, -0.1) is 0 Å². The Labute approximate surface area is 182 Å². The van der Waals surface area contributed by atoms with Crippen LogP contribution >= 0.6 is 0 Å². The first-order valence-electron chi connectivity index (χ1n) is 9.52. The van der Waals surface area contributed by atoms with E-state index in [1.807, 2.05) is 38.1 Å². The summed E-state index contributed by atoms with van der Waals surface area (Å²) in [6, 6.07) is 18.6. The summed E-state index contributed by atoms with van der Waals surface area (Å²) in [5.74, 6) is 0.00575. The van der Waals surface area contributed by atoms with Crippen LogP contribution in [0.1, 0.15) is 16.7 Å². The molecular formula is C24H23NO5S. The third-order valence-electron chi connectivity index (χ3n) is 4.44. The number of methoxy groups -OCH3 is 1. The minimum atomic E-state index is -4.00. The molecule has 0 aliphatic rings. The summed E-state index contributed by atoms with van der Waals surface area (Å²) in [7, 11) is -2.59. The fourth-order valence-corrected chi connectivity index (χ4v) is 3.66. The molecule has 3 aromatic carbocycles. The third-order valence-corrected chi connectivity index (χ3v) is 5.69. The lowest BCUT2D eigenvalue weighted by atomic mass is 10.2. The molecule has 0 radical (unpaired) electrons. The van der Waals surface area contributed by atoms with Crippen molar-refractivity contribution >= 4 is 27.8 Å². The molecule has 6 nitrogen and oxygen atoms in total. The predicted octanol–water partition coefficient (Wildman–Crippen LogP) is 4.73. The Balaban J connectivity index is 1.73. The highest BCUT2D eigenvalue weighted by molar-refractivity contribution is 7.87. The molecule has 0 fully saturated rings. The van der Waals surface area contributed by atoms with Gasteiger partial charge in [0.2, 0.25) is 5.91 Å². The highest BCUT2D eigenvalue weighted by Gasteiger charge is 2.19. The summed E-state index contributed by atoms with van der Waals surface area (Å²) in [5.41, 5.74) is 3.39. The van der Waals surface area contributed by atoms with Crippen LogP contribution in [0, 0.1) is 13.8 Å². The standard InChI is InChI=1S/C24H23NO5S/c1-17-4-10-20(11-5-17)25-24(26)15-9-19-8-14-22(23(16-19)29-3)30-31(27,28)21-12-6-18(2)7-13-21/h4-16H,1-3H3,(H,25,26)/b15-9+. The Kier molecular flexibility index (Phi) is 6.77. The molecule has 0 unspecified atom stereocenters. The van der Waals surface area contributed by atoms with Gasteiger partial charge in [-0.1, -0.05) is 41.5 Å². The van der Waals surface area contributed by atoms with Crippen LogP contribution in [0.15, 0.2) is 77.7 Å². The van der Waals surface area contributed by atoms with Gasteiger partial charge < -0.3 is 14.2 Å². The van der Waals surface area contributed by atoms with Crippen molar-refractivity contribution in [2.75, 3.05) is 12.4 Å². The maximum Gasteiger partial charge on any atom is 0.339 e. The zero-order chi connectivity index (χ0) is 22.4. The molecule has 0 aliphatic carbocycles. The lowest BCUT2D eigenvalue weighted by Gasteiger charge is -2.11. The van der Waals surface area contributed by atoms with Crippen molar-refractivity contribution in [3.63, 3.8) is 0 Å². The number of aryl methyl sites for hydroxylation is 2. The first kappa shape index (κ1) is 22.1. The summed E-state index contributed by atoms with van der Waals surface area (Å²) < 4.78 is 35.6. The molecule has 0 saturated carbocycles. The highest BCUT2D eigenvalue weighted by atomic mass is 32.2. The molecule has 3 aromatic rings. The minimum absolute atomic E-state index is 0.0527. The Bertz CT molecular complexity index is 1200. The van der Waals surface area contributed by atoms with E-state index in [4.69, 9.17) is 8.92 Å². The quantitative estimate of drug-likeness (QED) is 0.427. The Morgan fingerprint density at radius 2 is 1.48 bits per heavy atom. The topological polar surface area (TPSA) is 81.7 Å². The summed E-state index contributed by atoms with van der Waals surface area (Å²) >= 11 is 0. The fourth-order valence-electron chi connectivity index (χ4n) is 2.72. The van der Waals surface area contributed by atoms with Gasteiger partial charge in [-0.25, -0.2) is 0 Å².